The maximum atomic E-state index is 12.7. The molecule has 132 valence electrons. The van der Waals surface area contributed by atoms with Gasteiger partial charge in [-0.1, -0.05) is 48.5 Å². The first-order valence-electron chi connectivity index (χ1n) is 8.29. The topological polar surface area (TPSA) is 67.4 Å². The van der Waals surface area contributed by atoms with Gasteiger partial charge in [0.25, 0.3) is 5.91 Å². The quantitative estimate of drug-likeness (QED) is 0.813. The van der Waals surface area contributed by atoms with Crippen molar-refractivity contribution in [3.63, 3.8) is 0 Å². The standard InChI is InChI=1S/C20H24N2O3/c1-4-25-17(15-11-7-5-8-12-15)18(23)22-20(2,3)19(24)21-16-13-9-6-10-14-16/h5-14,17H,4H2,1-3H3,(H,21,24)(H,22,23). The number of ether oxygens (including phenoxy) is 1. The van der Waals surface area contributed by atoms with Gasteiger partial charge in [-0.15, -0.1) is 0 Å². The molecule has 0 spiro atoms. The Kier molecular flexibility index (Phi) is 6.31. The molecule has 1 unspecified atom stereocenters. The first kappa shape index (κ1) is 18.7. The van der Waals surface area contributed by atoms with Crippen LogP contribution in [0.5, 0.6) is 0 Å². The summed E-state index contributed by atoms with van der Waals surface area (Å²) in [5.41, 5.74) is 0.345. The fourth-order valence-corrected chi connectivity index (χ4v) is 2.36. The largest absolute Gasteiger partial charge is 0.364 e. The molecule has 2 rings (SSSR count). The first-order chi connectivity index (χ1) is 11.9. The number of anilines is 1. The summed E-state index contributed by atoms with van der Waals surface area (Å²) in [6.45, 7) is 5.55. The van der Waals surface area contributed by atoms with E-state index in [1.165, 1.54) is 0 Å². The lowest BCUT2D eigenvalue weighted by Gasteiger charge is -2.28. The molecule has 0 heterocycles. The molecule has 0 fully saturated rings. The van der Waals surface area contributed by atoms with Crippen molar-refractivity contribution in [3.05, 3.63) is 66.2 Å². The molecule has 25 heavy (non-hydrogen) atoms. The van der Waals surface area contributed by atoms with Gasteiger partial charge in [0.1, 0.15) is 5.54 Å². The van der Waals surface area contributed by atoms with Crippen LogP contribution in [0.1, 0.15) is 32.4 Å². The lowest BCUT2D eigenvalue weighted by molar-refractivity contribution is -0.137. The van der Waals surface area contributed by atoms with E-state index in [1.807, 2.05) is 55.5 Å². The predicted octanol–water partition coefficient (Wildman–Crippen LogP) is 3.30. The van der Waals surface area contributed by atoms with E-state index in [2.05, 4.69) is 10.6 Å². The van der Waals surface area contributed by atoms with Gasteiger partial charge in [0.15, 0.2) is 6.10 Å². The molecule has 0 saturated heterocycles. The highest BCUT2D eigenvalue weighted by molar-refractivity contribution is 6.00. The van der Waals surface area contributed by atoms with E-state index < -0.39 is 11.6 Å². The Morgan fingerprint density at radius 3 is 2.12 bits per heavy atom. The van der Waals surface area contributed by atoms with Crippen molar-refractivity contribution in [2.24, 2.45) is 0 Å². The van der Waals surface area contributed by atoms with Gasteiger partial charge in [0, 0.05) is 12.3 Å². The van der Waals surface area contributed by atoms with Crippen molar-refractivity contribution in [1.82, 2.24) is 5.32 Å². The average molecular weight is 340 g/mol. The molecule has 0 aliphatic carbocycles. The monoisotopic (exact) mass is 340 g/mol. The molecule has 0 saturated carbocycles. The van der Waals surface area contributed by atoms with E-state index in [1.54, 1.807) is 26.0 Å². The third-order valence-electron chi connectivity index (χ3n) is 3.71. The van der Waals surface area contributed by atoms with Gasteiger partial charge < -0.3 is 15.4 Å². The summed E-state index contributed by atoms with van der Waals surface area (Å²) >= 11 is 0. The van der Waals surface area contributed by atoms with Crippen molar-refractivity contribution in [2.45, 2.75) is 32.4 Å². The Hall–Kier alpha value is -2.66. The Labute approximate surface area is 148 Å². The van der Waals surface area contributed by atoms with E-state index in [0.29, 0.717) is 12.3 Å². The van der Waals surface area contributed by atoms with Crippen LogP contribution in [-0.4, -0.2) is 24.0 Å². The average Bonchev–Trinajstić information content (AvgIpc) is 2.60. The molecule has 0 bridgehead atoms. The maximum Gasteiger partial charge on any atom is 0.254 e. The summed E-state index contributed by atoms with van der Waals surface area (Å²) in [6.07, 6.45) is -0.755. The predicted molar refractivity (Wildman–Crippen MR) is 98.1 cm³/mol. The number of amides is 2. The zero-order chi connectivity index (χ0) is 18.3. The number of hydrogen-bond donors (Lipinski definition) is 2. The third-order valence-corrected chi connectivity index (χ3v) is 3.71. The summed E-state index contributed by atoms with van der Waals surface area (Å²) in [5, 5.41) is 5.59. The number of hydrogen-bond acceptors (Lipinski definition) is 3. The van der Waals surface area contributed by atoms with Gasteiger partial charge in [0.2, 0.25) is 5.91 Å². The van der Waals surface area contributed by atoms with E-state index >= 15 is 0 Å². The number of carbonyl (C=O) groups excluding carboxylic acids is 2. The second-order valence-electron chi connectivity index (χ2n) is 6.18. The lowest BCUT2D eigenvalue weighted by Crippen LogP contribution is -2.53. The summed E-state index contributed by atoms with van der Waals surface area (Å²) in [6, 6.07) is 18.4. The second kappa shape index (κ2) is 8.44. The van der Waals surface area contributed by atoms with Crippen LogP contribution in [0.25, 0.3) is 0 Å². The molecule has 0 aliphatic rings. The minimum absolute atomic E-state index is 0.296. The highest BCUT2D eigenvalue weighted by Crippen LogP contribution is 2.19. The number of para-hydroxylation sites is 1. The highest BCUT2D eigenvalue weighted by Gasteiger charge is 2.33. The minimum Gasteiger partial charge on any atom is -0.364 e. The molecule has 0 radical (unpaired) electrons. The minimum atomic E-state index is -1.09. The SMILES string of the molecule is CCOC(C(=O)NC(C)(C)C(=O)Nc1ccccc1)c1ccccc1. The molecule has 1 atom stereocenters. The Morgan fingerprint density at radius 1 is 1.00 bits per heavy atom. The van der Waals surface area contributed by atoms with Gasteiger partial charge in [-0.3, -0.25) is 9.59 Å². The van der Waals surface area contributed by atoms with E-state index in [0.717, 1.165) is 5.56 Å². The van der Waals surface area contributed by atoms with Crippen LogP contribution in [0, 0.1) is 0 Å². The molecule has 2 N–H and O–H groups in total. The van der Waals surface area contributed by atoms with Crippen molar-refractivity contribution in [3.8, 4) is 0 Å². The molecule has 2 aromatic carbocycles. The van der Waals surface area contributed by atoms with Gasteiger partial charge in [-0.25, -0.2) is 0 Å². The van der Waals surface area contributed by atoms with E-state index in [9.17, 15) is 9.59 Å². The molecular formula is C20H24N2O3. The number of benzene rings is 2. The fraction of sp³-hybridized carbons (Fsp3) is 0.300. The number of rotatable bonds is 7. The van der Waals surface area contributed by atoms with Crippen molar-refractivity contribution < 1.29 is 14.3 Å². The molecule has 0 aromatic heterocycles. The van der Waals surface area contributed by atoms with Gasteiger partial charge in [-0.2, -0.15) is 0 Å². The molecule has 5 heteroatoms. The lowest BCUT2D eigenvalue weighted by atomic mass is 10.0. The van der Waals surface area contributed by atoms with Gasteiger partial charge >= 0.3 is 0 Å². The van der Waals surface area contributed by atoms with Gasteiger partial charge in [0.05, 0.1) is 0 Å². The fourth-order valence-electron chi connectivity index (χ4n) is 2.36. The van der Waals surface area contributed by atoms with Crippen LogP contribution in [0.2, 0.25) is 0 Å². The highest BCUT2D eigenvalue weighted by atomic mass is 16.5. The first-order valence-corrected chi connectivity index (χ1v) is 8.29. The van der Waals surface area contributed by atoms with Crippen LogP contribution in [0.4, 0.5) is 5.69 Å². The number of carbonyl (C=O) groups is 2. The van der Waals surface area contributed by atoms with E-state index in [4.69, 9.17) is 4.74 Å². The van der Waals surface area contributed by atoms with E-state index in [-0.39, 0.29) is 11.8 Å². The second-order valence-corrected chi connectivity index (χ2v) is 6.18. The Balaban J connectivity index is 2.09. The van der Waals surface area contributed by atoms with Crippen LogP contribution >= 0.6 is 0 Å². The van der Waals surface area contributed by atoms with Crippen LogP contribution in [-0.2, 0) is 14.3 Å². The molecule has 2 amide bonds. The molecular weight excluding hydrogens is 316 g/mol. The van der Waals surface area contributed by atoms with Crippen molar-refractivity contribution in [2.75, 3.05) is 11.9 Å². The Bertz CT molecular complexity index is 699. The van der Waals surface area contributed by atoms with Crippen LogP contribution < -0.4 is 10.6 Å². The summed E-state index contributed by atoms with van der Waals surface area (Å²) in [5.74, 6) is -0.642. The summed E-state index contributed by atoms with van der Waals surface area (Å²) in [4.78, 5) is 25.2. The molecule has 5 nitrogen and oxygen atoms in total. The summed E-state index contributed by atoms with van der Waals surface area (Å²) in [7, 11) is 0. The molecule has 0 aliphatic heterocycles. The van der Waals surface area contributed by atoms with Crippen LogP contribution in [0.3, 0.4) is 0 Å². The summed E-state index contributed by atoms with van der Waals surface area (Å²) < 4.78 is 5.59. The normalized spacial score (nSPS) is 12.3. The van der Waals surface area contributed by atoms with Gasteiger partial charge in [-0.05, 0) is 38.5 Å². The number of nitrogens with one attached hydrogen (secondary N) is 2. The smallest absolute Gasteiger partial charge is 0.254 e. The van der Waals surface area contributed by atoms with Crippen molar-refractivity contribution in [1.29, 1.82) is 0 Å². The third kappa shape index (κ3) is 5.16. The van der Waals surface area contributed by atoms with Crippen LogP contribution in [0.15, 0.2) is 60.7 Å². The van der Waals surface area contributed by atoms with Crippen molar-refractivity contribution >= 4 is 17.5 Å². The zero-order valence-electron chi connectivity index (χ0n) is 14.8. The Morgan fingerprint density at radius 2 is 1.56 bits per heavy atom. The molecule has 2 aromatic rings. The zero-order valence-corrected chi connectivity index (χ0v) is 14.8. The maximum absolute atomic E-state index is 12.7.